The first kappa shape index (κ1) is 13.1. The second-order valence-electron chi connectivity index (χ2n) is 5.74. The number of hydrogen-bond acceptors (Lipinski definition) is 5. The average Bonchev–Trinajstić information content (AvgIpc) is 2.98. The zero-order chi connectivity index (χ0) is 13.3. The number of nitrogen functional groups attached to an aromatic ring is 1. The molecule has 6 heteroatoms. The number of hydrogen-bond donors (Lipinski definition) is 3. The molecule has 0 saturated heterocycles. The van der Waals surface area contributed by atoms with Crippen molar-refractivity contribution in [1.29, 1.82) is 0 Å². The fourth-order valence-corrected chi connectivity index (χ4v) is 2.62. The first-order valence-corrected chi connectivity index (χ1v) is 6.94. The van der Waals surface area contributed by atoms with E-state index in [1.165, 1.54) is 24.4 Å². The van der Waals surface area contributed by atoms with Gasteiger partial charge in [-0.3, -0.25) is 4.79 Å². The summed E-state index contributed by atoms with van der Waals surface area (Å²) in [4.78, 5) is 11.7. The molecule has 1 heterocycles. The normalized spacial score (nSPS) is 15.5. The molecule has 1 aliphatic carbocycles. The molecule has 2 rings (SSSR count). The van der Waals surface area contributed by atoms with Crippen molar-refractivity contribution in [3.63, 3.8) is 0 Å². The van der Waals surface area contributed by atoms with E-state index in [0.717, 1.165) is 10.6 Å². The fraction of sp³-hybridized carbons (Fsp3) is 0.667. The Morgan fingerprint density at radius 3 is 2.72 bits per heavy atom. The maximum atomic E-state index is 11.7. The van der Waals surface area contributed by atoms with E-state index in [0.29, 0.717) is 11.7 Å². The summed E-state index contributed by atoms with van der Waals surface area (Å²) in [5, 5.41) is 7.00. The Morgan fingerprint density at radius 1 is 1.50 bits per heavy atom. The Balaban J connectivity index is 1.92. The first-order chi connectivity index (χ1) is 8.37. The zero-order valence-corrected chi connectivity index (χ0v) is 11.9. The summed E-state index contributed by atoms with van der Waals surface area (Å²) in [6.45, 7) is 6.15. The second-order valence-corrected chi connectivity index (χ2v) is 6.51. The van der Waals surface area contributed by atoms with Gasteiger partial charge in [-0.25, -0.2) is 0 Å². The number of rotatable bonds is 4. The number of nitrogens with zero attached hydrogens (tertiary/aromatic N) is 1. The van der Waals surface area contributed by atoms with Gasteiger partial charge in [0.05, 0.1) is 6.54 Å². The molecule has 0 bridgehead atoms. The lowest BCUT2D eigenvalue weighted by molar-refractivity contribution is -0.120. The first-order valence-electron chi connectivity index (χ1n) is 6.17. The third-order valence-corrected chi connectivity index (χ3v) is 3.50. The van der Waals surface area contributed by atoms with E-state index < -0.39 is 0 Å². The average molecular weight is 268 g/mol. The van der Waals surface area contributed by atoms with Crippen molar-refractivity contribution >= 4 is 28.3 Å². The lowest BCUT2D eigenvalue weighted by Crippen LogP contribution is -2.43. The molecule has 18 heavy (non-hydrogen) atoms. The van der Waals surface area contributed by atoms with Crippen LogP contribution in [0, 0.1) is 0 Å². The van der Waals surface area contributed by atoms with Gasteiger partial charge in [0.15, 0.2) is 0 Å². The molecule has 4 N–H and O–H groups in total. The summed E-state index contributed by atoms with van der Waals surface area (Å²) in [5.74, 6) is 1.13. The van der Waals surface area contributed by atoms with Crippen molar-refractivity contribution in [2.75, 3.05) is 17.6 Å². The van der Waals surface area contributed by atoms with Crippen molar-refractivity contribution in [2.45, 2.75) is 45.1 Å². The Hall–Kier alpha value is -1.30. The van der Waals surface area contributed by atoms with Gasteiger partial charge in [-0.05, 0) is 51.1 Å². The van der Waals surface area contributed by atoms with Crippen LogP contribution in [0.5, 0.6) is 0 Å². The van der Waals surface area contributed by atoms with Crippen molar-refractivity contribution < 1.29 is 4.79 Å². The Labute approximate surface area is 111 Å². The van der Waals surface area contributed by atoms with Crippen molar-refractivity contribution in [3.05, 3.63) is 5.56 Å². The molecule has 0 atom stereocenters. The van der Waals surface area contributed by atoms with Crippen LogP contribution in [0.15, 0.2) is 0 Å². The van der Waals surface area contributed by atoms with Gasteiger partial charge in [0.25, 0.3) is 0 Å². The number of amides is 1. The summed E-state index contributed by atoms with van der Waals surface area (Å²) in [7, 11) is 0. The minimum Gasteiger partial charge on any atom is -0.383 e. The van der Waals surface area contributed by atoms with Crippen molar-refractivity contribution in [1.82, 2.24) is 9.69 Å². The van der Waals surface area contributed by atoms with Gasteiger partial charge >= 0.3 is 0 Å². The summed E-state index contributed by atoms with van der Waals surface area (Å²) in [6, 6.07) is 0. The molecule has 1 aliphatic rings. The molecule has 1 aromatic heterocycles. The molecule has 0 aromatic carbocycles. The minimum atomic E-state index is -0.204. The third kappa shape index (κ3) is 3.35. The molecule has 1 fully saturated rings. The summed E-state index contributed by atoms with van der Waals surface area (Å²) >= 11 is 1.34. The number of nitrogens with two attached hydrogens (primary N) is 1. The molecule has 0 aliphatic heterocycles. The molecule has 1 amide bonds. The second kappa shape index (κ2) is 4.76. The maximum absolute atomic E-state index is 11.7. The predicted molar refractivity (Wildman–Crippen MR) is 74.9 cm³/mol. The van der Waals surface area contributed by atoms with Crippen LogP contribution in [-0.2, 0) is 4.79 Å². The Bertz CT molecular complexity index is 445. The highest BCUT2D eigenvalue weighted by Crippen LogP contribution is 2.47. The predicted octanol–water partition coefficient (Wildman–Crippen LogP) is 1.93. The van der Waals surface area contributed by atoms with E-state index in [1.54, 1.807) is 0 Å². The summed E-state index contributed by atoms with van der Waals surface area (Å²) in [5.41, 5.74) is 6.75. The Morgan fingerprint density at radius 2 is 2.17 bits per heavy atom. The molecule has 0 radical (unpaired) electrons. The van der Waals surface area contributed by atoms with Gasteiger partial charge in [0.2, 0.25) is 5.91 Å². The van der Waals surface area contributed by atoms with Crippen LogP contribution in [0.2, 0.25) is 0 Å². The van der Waals surface area contributed by atoms with Crippen LogP contribution in [0.25, 0.3) is 0 Å². The number of anilines is 2. The van der Waals surface area contributed by atoms with Gasteiger partial charge < -0.3 is 16.4 Å². The lowest BCUT2D eigenvalue weighted by atomic mass is 10.1. The quantitative estimate of drug-likeness (QED) is 0.779. The van der Waals surface area contributed by atoms with E-state index in [4.69, 9.17) is 5.73 Å². The van der Waals surface area contributed by atoms with Crippen molar-refractivity contribution in [3.8, 4) is 0 Å². The minimum absolute atomic E-state index is 0.0174. The third-order valence-electron chi connectivity index (χ3n) is 2.67. The molecule has 100 valence electrons. The van der Waals surface area contributed by atoms with E-state index in [2.05, 4.69) is 15.0 Å². The van der Waals surface area contributed by atoms with Crippen LogP contribution in [-0.4, -0.2) is 22.4 Å². The van der Waals surface area contributed by atoms with Gasteiger partial charge in [-0.1, -0.05) is 0 Å². The smallest absolute Gasteiger partial charge is 0.239 e. The lowest BCUT2D eigenvalue weighted by Gasteiger charge is -2.20. The van der Waals surface area contributed by atoms with E-state index in [1.807, 2.05) is 20.8 Å². The van der Waals surface area contributed by atoms with Gasteiger partial charge in [-0.2, -0.15) is 4.37 Å². The highest BCUT2D eigenvalue weighted by molar-refractivity contribution is 7.10. The maximum Gasteiger partial charge on any atom is 0.239 e. The van der Waals surface area contributed by atoms with Crippen LogP contribution in [0.4, 0.5) is 10.8 Å². The van der Waals surface area contributed by atoms with Crippen LogP contribution < -0.4 is 16.4 Å². The molecule has 1 saturated carbocycles. The van der Waals surface area contributed by atoms with Gasteiger partial charge in [0, 0.05) is 11.1 Å². The standard InChI is InChI=1S/C12H20N4OS/c1-12(2,3)15-8(17)6-14-11-9(7-4-5-7)10(13)16-18-11/h7,14H,4-6H2,1-3H3,(H2,13,16)(H,15,17). The van der Waals surface area contributed by atoms with Gasteiger partial charge in [-0.15, -0.1) is 0 Å². The number of nitrogens with one attached hydrogen (secondary N) is 2. The summed E-state index contributed by atoms with van der Waals surface area (Å²) < 4.78 is 4.16. The molecule has 0 unspecified atom stereocenters. The van der Waals surface area contributed by atoms with Gasteiger partial charge in [0.1, 0.15) is 10.8 Å². The van der Waals surface area contributed by atoms with E-state index >= 15 is 0 Å². The number of carbonyl (C=O) groups excluding carboxylic acids is 1. The highest BCUT2D eigenvalue weighted by atomic mass is 32.1. The van der Waals surface area contributed by atoms with E-state index in [-0.39, 0.29) is 18.0 Å². The monoisotopic (exact) mass is 268 g/mol. The van der Waals surface area contributed by atoms with E-state index in [9.17, 15) is 4.79 Å². The highest BCUT2D eigenvalue weighted by Gasteiger charge is 2.30. The number of carbonyl (C=O) groups is 1. The molecular formula is C12H20N4OS. The molecular weight excluding hydrogens is 248 g/mol. The fourth-order valence-electron chi connectivity index (χ4n) is 1.83. The van der Waals surface area contributed by atoms with Crippen molar-refractivity contribution in [2.24, 2.45) is 0 Å². The summed E-state index contributed by atoms with van der Waals surface area (Å²) in [6.07, 6.45) is 2.34. The SMILES string of the molecule is CC(C)(C)NC(=O)CNc1snc(N)c1C1CC1. The molecule has 5 nitrogen and oxygen atoms in total. The molecule has 0 spiro atoms. The van der Waals surface area contributed by atoms with Crippen LogP contribution in [0.3, 0.4) is 0 Å². The number of aromatic nitrogens is 1. The zero-order valence-electron chi connectivity index (χ0n) is 11.0. The molecule has 1 aromatic rings. The Kier molecular flexibility index (Phi) is 3.47. The van der Waals surface area contributed by atoms with Crippen LogP contribution >= 0.6 is 11.5 Å². The largest absolute Gasteiger partial charge is 0.383 e. The van der Waals surface area contributed by atoms with Crippen LogP contribution in [0.1, 0.15) is 45.1 Å². The topological polar surface area (TPSA) is 80.0 Å².